The minimum Gasteiger partial charge on any atom is -0.396 e. The van der Waals surface area contributed by atoms with Gasteiger partial charge in [-0.3, -0.25) is 4.90 Å². The summed E-state index contributed by atoms with van der Waals surface area (Å²) in [5, 5.41) is 18.9. The van der Waals surface area contributed by atoms with E-state index in [0.717, 1.165) is 13.1 Å². The zero-order valence-electron chi connectivity index (χ0n) is 12.2. The van der Waals surface area contributed by atoms with E-state index in [9.17, 15) is 5.11 Å². The maximum Gasteiger partial charge on any atom is 0.0689 e. The van der Waals surface area contributed by atoms with Crippen molar-refractivity contribution >= 4 is 0 Å². The van der Waals surface area contributed by atoms with Crippen LogP contribution in [0.25, 0.3) is 0 Å². The molecule has 0 unspecified atom stereocenters. The van der Waals surface area contributed by atoms with Crippen molar-refractivity contribution in [1.82, 2.24) is 4.90 Å². The van der Waals surface area contributed by atoms with Gasteiger partial charge in [0.15, 0.2) is 0 Å². The summed E-state index contributed by atoms with van der Waals surface area (Å²) in [6.07, 6.45) is -0.0810. The van der Waals surface area contributed by atoms with Crippen molar-refractivity contribution in [1.29, 1.82) is 0 Å². The van der Waals surface area contributed by atoms with Crippen molar-refractivity contribution in [3.8, 4) is 0 Å². The smallest absolute Gasteiger partial charge is 0.0689 e. The first-order chi connectivity index (χ1) is 10.3. The Morgan fingerprint density at radius 3 is 1.71 bits per heavy atom. The molecular weight excluding hydrogens is 262 g/mol. The van der Waals surface area contributed by atoms with Gasteiger partial charge in [0.2, 0.25) is 0 Å². The number of aliphatic hydroxyl groups excluding tert-OH is 2. The Balaban J connectivity index is 2.02. The molecule has 3 heteroatoms. The van der Waals surface area contributed by atoms with Gasteiger partial charge in [-0.25, -0.2) is 0 Å². The summed E-state index contributed by atoms with van der Waals surface area (Å²) in [5.41, 5.74) is 2.45. The van der Waals surface area contributed by atoms with Gasteiger partial charge in [-0.2, -0.15) is 0 Å². The van der Waals surface area contributed by atoms with Crippen LogP contribution in [0.5, 0.6) is 0 Å². The molecule has 2 rings (SSSR count). The van der Waals surface area contributed by atoms with Crippen molar-refractivity contribution in [2.45, 2.75) is 25.6 Å². The van der Waals surface area contributed by atoms with Gasteiger partial charge in [0, 0.05) is 26.2 Å². The lowest BCUT2D eigenvalue weighted by Crippen LogP contribution is -2.32. The Morgan fingerprint density at radius 2 is 1.29 bits per heavy atom. The Bertz CT molecular complexity index is 460. The summed E-state index contributed by atoms with van der Waals surface area (Å²) < 4.78 is 0. The highest BCUT2D eigenvalue weighted by atomic mass is 16.3. The molecule has 0 heterocycles. The number of benzene rings is 2. The zero-order valence-corrected chi connectivity index (χ0v) is 12.2. The SMILES string of the molecule is OCC[C@H](O)CN(Cc1ccccc1)Cc1ccccc1. The zero-order chi connectivity index (χ0) is 14.9. The molecule has 1 atom stereocenters. The van der Waals surface area contributed by atoms with Crippen molar-refractivity contribution in [3.63, 3.8) is 0 Å². The van der Waals surface area contributed by atoms with Gasteiger partial charge < -0.3 is 10.2 Å². The molecule has 0 aliphatic carbocycles. The van der Waals surface area contributed by atoms with E-state index in [1.54, 1.807) is 0 Å². The Kier molecular flexibility index (Phi) is 6.41. The third-order valence-corrected chi connectivity index (χ3v) is 3.43. The lowest BCUT2D eigenvalue weighted by molar-refractivity contribution is 0.0814. The quantitative estimate of drug-likeness (QED) is 0.783. The van der Waals surface area contributed by atoms with Crippen LogP contribution in [0.15, 0.2) is 60.7 Å². The number of aliphatic hydroxyl groups is 2. The van der Waals surface area contributed by atoms with Gasteiger partial charge in [0.1, 0.15) is 0 Å². The molecule has 0 aliphatic rings. The first-order valence-corrected chi connectivity index (χ1v) is 7.37. The standard InChI is InChI=1S/C18H23NO2/c20-12-11-18(21)15-19(13-16-7-3-1-4-8-16)14-17-9-5-2-6-10-17/h1-10,18,20-21H,11-15H2/t18-/m0/s1. The molecule has 0 fully saturated rings. The summed E-state index contributed by atoms with van der Waals surface area (Å²) >= 11 is 0. The highest BCUT2D eigenvalue weighted by molar-refractivity contribution is 5.17. The molecule has 2 aromatic rings. The first-order valence-electron chi connectivity index (χ1n) is 7.37. The van der Waals surface area contributed by atoms with Crippen LogP contribution in [0.3, 0.4) is 0 Å². The van der Waals surface area contributed by atoms with Crippen molar-refractivity contribution in [3.05, 3.63) is 71.8 Å². The van der Waals surface area contributed by atoms with Crippen LogP contribution < -0.4 is 0 Å². The van der Waals surface area contributed by atoms with Gasteiger partial charge in [-0.15, -0.1) is 0 Å². The summed E-state index contributed by atoms with van der Waals surface area (Å²) in [4.78, 5) is 2.21. The minimum atomic E-state index is -0.498. The van der Waals surface area contributed by atoms with E-state index in [0.29, 0.717) is 13.0 Å². The molecule has 3 nitrogen and oxygen atoms in total. The second-order valence-corrected chi connectivity index (χ2v) is 5.31. The molecular formula is C18H23NO2. The van der Waals surface area contributed by atoms with Gasteiger partial charge in [-0.1, -0.05) is 60.7 Å². The molecule has 0 saturated heterocycles. The maximum absolute atomic E-state index is 9.97. The lowest BCUT2D eigenvalue weighted by atomic mass is 10.1. The highest BCUT2D eigenvalue weighted by Gasteiger charge is 2.12. The second-order valence-electron chi connectivity index (χ2n) is 5.31. The van der Waals surface area contributed by atoms with Gasteiger partial charge in [0.05, 0.1) is 6.10 Å². The average Bonchev–Trinajstić information content (AvgIpc) is 2.49. The summed E-state index contributed by atoms with van der Waals surface area (Å²) in [6, 6.07) is 20.5. The molecule has 0 aromatic heterocycles. The number of rotatable bonds is 8. The van der Waals surface area contributed by atoms with Crippen molar-refractivity contribution < 1.29 is 10.2 Å². The monoisotopic (exact) mass is 285 g/mol. The number of nitrogens with zero attached hydrogens (tertiary/aromatic N) is 1. The first kappa shape index (κ1) is 15.7. The summed E-state index contributed by atoms with van der Waals surface area (Å²) in [7, 11) is 0. The number of hydrogen-bond donors (Lipinski definition) is 2. The topological polar surface area (TPSA) is 43.7 Å². The van der Waals surface area contributed by atoms with E-state index < -0.39 is 6.10 Å². The number of hydrogen-bond acceptors (Lipinski definition) is 3. The molecule has 112 valence electrons. The van der Waals surface area contributed by atoms with E-state index in [1.807, 2.05) is 36.4 Å². The summed E-state index contributed by atoms with van der Waals surface area (Å²) in [5.74, 6) is 0. The van der Waals surface area contributed by atoms with Crippen LogP contribution in [-0.2, 0) is 13.1 Å². The molecule has 2 aromatic carbocycles. The largest absolute Gasteiger partial charge is 0.396 e. The van der Waals surface area contributed by atoms with Crippen LogP contribution in [0.4, 0.5) is 0 Å². The molecule has 0 aliphatic heterocycles. The van der Waals surface area contributed by atoms with E-state index in [4.69, 9.17) is 5.11 Å². The van der Waals surface area contributed by atoms with E-state index in [-0.39, 0.29) is 6.61 Å². The Labute approximate surface area is 126 Å². The fraction of sp³-hybridized carbons (Fsp3) is 0.333. The molecule has 0 bridgehead atoms. The molecule has 0 spiro atoms. The minimum absolute atomic E-state index is 0.0195. The Morgan fingerprint density at radius 1 is 0.810 bits per heavy atom. The molecule has 0 saturated carbocycles. The third kappa shape index (κ3) is 5.68. The van der Waals surface area contributed by atoms with Gasteiger partial charge >= 0.3 is 0 Å². The van der Waals surface area contributed by atoms with E-state index >= 15 is 0 Å². The predicted molar refractivity (Wildman–Crippen MR) is 84.7 cm³/mol. The van der Waals surface area contributed by atoms with Crippen molar-refractivity contribution in [2.75, 3.05) is 13.2 Å². The van der Waals surface area contributed by atoms with Crippen LogP contribution in [0.2, 0.25) is 0 Å². The van der Waals surface area contributed by atoms with Crippen molar-refractivity contribution in [2.24, 2.45) is 0 Å². The van der Waals surface area contributed by atoms with Crippen LogP contribution in [-0.4, -0.2) is 34.4 Å². The van der Waals surface area contributed by atoms with Crippen LogP contribution in [0, 0.1) is 0 Å². The molecule has 2 N–H and O–H groups in total. The fourth-order valence-corrected chi connectivity index (χ4v) is 2.41. The third-order valence-electron chi connectivity index (χ3n) is 3.43. The highest BCUT2D eigenvalue weighted by Crippen LogP contribution is 2.11. The molecule has 21 heavy (non-hydrogen) atoms. The van der Waals surface area contributed by atoms with E-state index in [1.165, 1.54) is 11.1 Å². The summed E-state index contributed by atoms with van der Waals surface area (Å²) in [6.45, 7) is 2.16. The second kappa shape index (κ2) is 8.57. The van der Waals surface area contributed by atoms with Gasteiger partial charge in [-0.05, 0) is 17.5 Å². The predicted octanol–water partition coefficient (Wildman–Crippen LogP) is 2.43. The fourth-order valence-electron chi connectivity index (χ4n) is 2.41. The van der Waals surface area contributed by atoms with Gasteiger partial charge in [0.25, 0.3) is 0 Å². The van der Waals surface area contributed by atoms with Crippen LogP contribution in [0.1, 0.15) is 17.5 Å². The average molecular weight is 285 g/mol. The lowest BCUT2D eigenvalue weighted by Gasteiger charge is -2.25. The molecule has 0 amide bonds. The Hall–Kier alpha value is -1.68. The molecule has 0 radical (unpaired) electrons. The van der Waals surface area contributed by atoms with Crippen LogP contribution >= 0.6 is 0 Å². The normalized spacial score (nSPS) is 12.5. The van der Waals surface area contributed by atoms with E-state index in [2.05, 4.69) is 29.2 Å². The maximum atomic E-state index is 9.97.